The number of nitro groups is 1. The molecule has 91 heavy (non-hydrogen) atoms. The molecule has 448 valence electrons. The molecule has 18 nitrogen and oxygen atoms in total. The van der Waals surface area contributed by atoms with Crippen LogP contribution in [0.1, 0.15) is 29.7 Å². The number of ether oxygens (including phenoxy) is 1. The van der Waals surface area contributed by atoms with Crippen LogP contribution in [0.5, 0.6) is 5.88 Å². The van der Waals surface area contributed by atoms with Crippen LogP contribution in [0.4, 0.5) is 28.4 Å². The average Bonchev–Trinajstić information content (AvgIpc) is 1.84. The monoisotopic (exact) mass is 1200 g/mol. The van der Waals surface area contributed by atoms with E-state index >= 15 is 0 Å². The van der Waals surface area contributed by atoms with Gasteiger partial charge in [0.25, 0.3) is 5.69 Å². The van der Waals surface area contributed by atoms with E-state index in [4.69, 9.17) is 10.5 Å². The molecule has 18 heteroatoms. The third kappa shape index (κ3) is 12.6. The number of non-ortho nitro benzene ring substituents is 1. The van der Waals surface area contributed by atoms with Gasteiger partial charge in [-0.1, -0.05) is 66.7 Å². The van der Waals surface area contributed by atoms with E-state index < -0.39 is 4.92 Å². The summed E-state index contributed by atoms with van der Waals surface area (Å²) in [5, 5.41) is 25.0. The second kappa shape index (κ2) is 25.3. The lowest BCUT2D eigenvalue weighted by Gasteiger charge is -2.17. The highest BCUT2D eigenvalue weighted by molar-refractivity contribution is 6.00. The average molecular weight is 1200 g/mol. The maximum Gasteiger partial charge on any atom is 0.269 e. The maximum atomic E-state index is 10.8. The fourth-order valence-corrected chi connectivity index (χ4v) is 11.3. The summed E-state index contributed by atoms with van der Waals surface area (Å²) in [5.74, 6) is 0.607. The Balaban J connectivity index is 0.000000125. The van der Waals surface area contributed by atoms with E-state index in [0.717, 1.165) is 106 Å². The molecular weight excluding hydrogens is 1130 g/mol. The number of pyridine rings is 1. The van der Waals surface area contributed by atoms with Crippen molar-refractivity contribution in [2.45, 2.75) is 26.1 Å². The minimum atomic E-state index is -0.394. The first kappa shape index (κ1) is 58.0. The Labute approximate surface area is 523 Å². The number of benzene rings is 8. The number of methoxy groups -OCH3 is 1. The summed E-state index contributed by atoms with van der Waals surface area (Å²) in [6.45, 7) is 3.36. The van der Waals surface area contributed by atoms with Gasteiger partial charge in [0.1, 0.15) is 0 Å². The molecule has 0 aliphatic carbocycles. The number of hydrogen-bond acceptors (Lipinski definition) is 14. The molecule has 7 heterocycles. The van der Waals surface area contributed by atoms with Crippen LogP contribution in [0.2, 0.25) is 0 Å². The van der Waals surface area contributed by atoms with Crippen molar-refractivity contribution in [3.8, 4) is 39.3 Å². The number of aromatic nitrogens is 10. The van der Waals surface area contributed by atoms with Gasteiger partial charge < -0.3 is 40.1 Å². The van der Waals surface area contributed by atoms with E-state index in [1.165, 1.54) is 44.9 Å². The molecule has 0 radical (unpaired) electrons. The van der Waals surface area contributed by atoms with Gasteiger partial charge in [-0.15, -0.1) is 0 Å². The smallest absolute Gasteiger partial charge is 0.269 e. The third-order valence-corrected chi connectivity index (χ3v) is 16.3. The summed E-state index contributed by atoms with van der Waals surface area (Å²) >= 11 is 0. The van der Waals surface area contributed by atoms with Gasteiger partial charge in [0.2, 0.25) is 5.88 Å². The van der Waals surface area contributed by atoms with Crippen LogP contribution in [-0.4, -0.2) is 60.6 Å². The Morgan fingerprint density at radius 2 is 0.890 bits per heavy atom. The number of fused-ring (bicyclic) bond motifs is 6. The summed E-state index contributed by atoms with van der Waals surface area (Å²) in [4.78, 5) is 42.2. The molecule has 1 unspecified atom stereocenters. The Bertz CT molecular complexity index is 5140. The summed E-state index contributed by atoms with van der Waals surface area (Å²) < 4.78 is 11.5. The summed E-state index contributed by atoms with van der Waals surface area (Å²) in [6, 6.07) is 56.6. The van der Waals surface area contributed by atoms with Gasteiger partial charge in [-0.25, -0.2) is 4.98 Å². The quantitative estimate of drug-likeness (QED) is 0.0452. The minimum absolute atomic E-state index is 0.0655. The molecular formula is C73H63N15O3. The molecule has 0 amide bonds. The number of nitrogens with two attached hydrogens (primary N) is 1. The van der Waals surface area contributed by atoms with Gasteiger partial charge in [0, 0.05) is 170 Å². The van der Waals surface area contributed by atoms with Crippen LogP contribution in [0, 0.1) is 10.1 Å². The first-order valence-electron chi connectivity index (χ1n) is 29.6. The molecule has 5 N–H and O–H groups in total. The van der Waals surface area contributed by atoms with Crippen LogP contribution >= 0.6 is 0 Å². The summed E-state index contributed by atoms with van der Waals surface area (Å²) in [6.07, 6.45) is 18.4. The molecule has 0 saturated heterocycles. The largest absolute Gasteiger partial charge is 0.481 e. The zero-order valence-corrected chi connectivity index (χ0v) is 50.7. The van der Waals surface area contributed by atoms with Gasteiger partial charge >= 0.3 is 0 Å². The molecule has 0 aliphatic heterocycles. The Morgan fingerprint density at radius 1 is 0.484 bits per heavy atom. The number of aryl methyl sites for hydroxylation is 3. The fourth-order valence-electron chi connectivity index (χ4n) is 11.3. The SMILES string of the molecule is COc1ccc(C(C)Nc2cc(-c3ccc4ccn(C)c4c3)c3nccnc3c2)cn1.Cn1ccc2ccc(-c3cc(NCc4ccc(N)cc4)cc4nccnc34)cc21.Cn1ccc2ccc(-c3cc(NCc4ccc([N+](=O)[O-])cc4)cc4nccnc34)cc21. The number of anilines is 4. The van der Waals surface area contributed by atoms with Crippen molar-refractivity contribution in [2.75, 3.05) is 28.8 Å². The molecule has 0 fully saturated rings. The lowest BCUT2D eigenvalue weighted by molar-refractivity contribution is -0.384. The molecule has 1 atom stereocenters. The van der Waals surface area contributed by atoms with Crippen LogP contribution < -0.4 is 26.4 Å². The minimum Gasteiger partial charge on any atom is -0.481 e. The third-order valence-electron chi connectivity index (χ3n) is 16.3. The van der Waals surface area contributed by atoms with Crippen molar-refractivity contribution in [2.24, 2.45) is 21.1 Å². The Morgan fingerprint density at radius 3 is 1.30 bits per heavy atom. The standard InChI is InChI=1S/C25H23N5O.C24H19N5O2.C24H21N5/c1-16(19-6-7-24(31-3)28-15-19)29-20-13-21(25-22(14-20)26-9-10-27-25)18-5-4-17-8-11-30(2)23(17)12-18;1-28-11-8-17-4-5-18(12-23(17)28)21-13-19(14-22-24(21)26-10-9-25-22)27-15-16-2-6-20(7-3-16)29(30)31;1-29-11-8-17-4-5-18(12-23(17)29)21-13-20(14-22-24(21)27-10-9-26-22)28-15-16-2-6-19(25)7-3-16/h4-16,29H,1-3H3;2-14,27H,15H2,1H3;2-14,28H,15,25H2,1H3. The number of nitrogens with zero attached hydrogens (tertiary/aromatic N) is 11. The second-order valence-corrected chi connectivity index (χ2v) is 22.3. The predicted octanol–water partition coefficient (Wildman–Crippen LogP) is 15.7. The molecule has 7 aromatic heterocycles. The lowest BCUT2D eigenvalue weighted by atomic mass is 10.0. The number of rotatable bonds is 14. The Kier molecular flexibility index (Phi) is 16.2. The van der Waals surface area contributed by atoms with Crippen molar-refractivity contribution in [1.29, 1.82) is 0 Å². The highest BCUT2D eigenvalue weighted by atomic mass is 16.6. The number of hydrogen-bond donors (Lipinski definition) is 4. The predicted molar refractivity (Wildman–Crippen MR) is 366 cm³/mol. The first-order valence-corrected chi connectivity index (χ1v) is 29.6. The normalized spacial score (nSPS) is 11.5. The maximum absolute atomic E-state index is 10.8. The van der Waals surface area contributed by atoms with E-state index in [0.29, 0.717) is 19.0 Å². The van der Waals surface area contributed by atoms with Crippen LogP contribution in [0.3, 0.4) is 0 Å². The number of nitrogen functional groups attached to an aromatic ring is 1. The highest BCUT2D eigenvalue weighted by Crippen LogP contribution is 2.37. The van der Waals surface area contributed by atoms with Gasteiger partial charge in [-0.3, -0.25) is 40.0 Å². The van der Waals surface area contributed by atoms with Crippen molar-refractivity contribution >= 4 is 94.2 Å². The molecule has 8 aromatic carbocycles. The van der Waals surface area contributed by atoms with Crippen LogP contribution in [0.25, 0.3) is 99.2 Å². The molecule has 15 aromatic rings. The summed E-state index contributed by atoms with van der Waals surface area (Å²) in [7, 11) is 7.78. The zero-order valence-electron chi connectivity index (χ0n) is 50.7. The zero-order chi connectivity index (χ0) is 62.5. The molecule has 0 spiro atoms. The molecule has 15 rings (SSSR count). The Hall–Kier alpha value is -12.1. The van der Waals surface area contributed by atoms with Gasteiger partial charge in [0.15, 0.2) is 0 Å². The van der Waals surface area contributed by atoms with Gasteiger partial charge in [0.05, 0.1) is 51.2 Å². The number of nitrogens with one attached hydrogen (secondary N) is 3. The van der Waals surface area contributed by atoms with Crippen LogP contribution in [0.15, 0.2) is 232 Å². The van der Waals surface area contributed by atoms with E-state index in [-0.39, 0.29) is 11.7 Å². The highest BCUT2D eigenvalue weighted by Gasteiger charge is 2.16. The molecule has 0 saturated carbocycles. The van der Waals surface area contributed by atoms with Crippen molar-refractivity contribution in [3.63, 3.8) is 0 Å². The molecule has 0 bridgehead atoms. The second-order valence-electron chi connectivity index (χ2n) is 22.3. The van der Waals surface area contributed by atoms with E-state index in [1.807, 2.05) is 67.8 Å². The van der Waals surface area contributed by atoms with E-state index in [9.17, 15) is 10.1 Å². The number of nitro benzene ring substituents is 1. The molecule has 0 aliphatic rings. The van der Waals surface area contributed by atoms with Crippen molar-refractivity contribution in [1.82, 2.24) is 48.6 Å². The van der Waals surface area contributed by atoms with E-state index in [2.05, 4.69) is 195 Å². The van der Waals surface area contributed by atoms with Gasteiger partial charge in [-0.2, -0.15) is 0 Å². The van der Waals surface area contributed by atoms with Crippen molar-refractivity contribution < 1.29 is 9.66 Å². The first-order chi connectivity index (χ1) is 44.4. The summed E-state index contributed by atoms with van der Waals surface area (Å²) in [5.41, 5.74) is 27.9. The fraction of sp³-hybridized carbons (Fsp3) is 0.110. The van der Waals surface area contributed by atoms with Crippen LogP contribution in [-0.2, 0) is 34.2 Å². The van der Waals surface area contributed by atoms with Gasteiger partial charge in [-0.05, 0) is 141 Å². The van der Waals surface area contributed by atoms with E-state index in [1.54, 1.807) is 56.4 Å². The lowest BCUT2D eigenvalue weighted by Crippen LogP contribution is -2.07. The van der Waals surface area contributed by atoms with Crippen molar-refractivity contribution in [3.05, 3.63) is 259 Å². The topological polar surface area (TPSA) is 220 Å².